The molecule has 1 N–H and O–H groups in total. The second kappa shape index (κ2) is 4.54. The predicted molar refractivity (Wildman–Crippen MR) is 79.3 cm³/mol. The Morgan fingerprint density at radius 2 is 2.11 bits per heavy atom. The van der Waals surface area contributed by atoms with Gasteiger partial charge in [-0.15, -0.1) is 0 Å². The molecule has 1 saturated carbocycles. The smallest absolute Gasteiger partial charge is 0.117 e. The van der Waals surface area contributed by atoms with E-state index in [4.69, 9.17) is 0 Å². The van der Waals surface area contributed by atoms with Crippen LogP contribution in [0.2, 0.25) is 0 Å². The van der Waals surface area contributed by atoms with Crippen molar-refractivity contribution < 1.29 is 0 Å². The third-order valence-electron chi connectivity index (χ3n) is 4.20. The minimum Gasteiger partial charge on any atom is -0.372 e. The first-order valence-electron chi connectivity index (χ1n) is 6.78. The van der Waals surface area contributed by atoms with Crippen LogP contribution >= 0.6 is 11.5 Å². The van der Waals surface area contributed by atoms with Crippen LogP contribution in [0.5, 0.6) is 0 Å². The molecule has 96 valence electrons. The number of rotatable bonds is 2. The average Bonchev–Trinajstić information content (AvgIpc) is 2.75. The monoisotopic (exact) mass is 260 g/mol. The van der Waals surface area contributed by atoms with E-state index in [9.17, 15) is 0 Å². The fourth-order valence-electron chi connectivity index (χ4n) is 2.91. The third-order valence-corrected chi connectivity index (χ3v) is 5.00. The molecule has 0 bridgehead atoms. The maximum absolute atomic E-state index is 4.51. The number of hydrogen-bond acceptors (Lipinski definition) is 3. The number of anilines is 1. The Morgan fingerprint density at radius 3 is 2.94 bits per heavy atom. The Morgan fingerprint density at radius 1 is 1.28 bits per heavy atom. The molecule has 2 nitrogen and oxygen atoms in total. The molecule has 1 aliphatic rings. The van der Waals surface area contributed by atoms with Gasteiger partial charge in [0.25, 0.3) is 0 Å². The van der Waals surface area contributed by atoms with Gasteiger partial charge in [0.1, 0.15) is 5.00 Å². The Labute approximate surface area is 113 Å². The van der Waals surface area contributed by atoms with Crippen LogP contribution in [0, 0.1) is 5.41 Å². The molecule has 0 saturated heterocycles. The molecule has 1 aliphatic carbocycles. The largest absolute Gasteiger partial charge is 0.372 e. The molecular weight excluding hydrogens is 240 g/mol. The van der Waals surface area contributed by atoms with Crippen LogP contribution in [0.25, 0.3) is 10.9 Å². The molecule has 1 aromatic heterocycles. The molecule has 0 amide bonds. The van der Waals surface area contributed by atoms with E-state index in [1.54, 1.807) is 11.5 Å². The number of benzene rings is 1. The third kappa shape index (κ3) is 2.12. The van der Waals surface area contributed by atoms with E-state index >= 15 is 0 Å². The van der Waals surface area contributed by atoms with Gasteiger partial charge in [0.05, 0.1) is 5.52 Å². The second-order valence-corrected chi connectivity index (χ2v) is 6.73. The summed E-state index contributed by atoms with van der Waals surface area (Å²) in [4.78, 5) is 0. The van der Waals surface area contributed by atoms with Crippen molar-refractivity contribution in [2.45, 2.75) is 45.6 Å². The number of aromatic nitrogens is 1. The van der Waals surface area contributed by atoms with Crippen LogP contribution in [-0.2, 0) is 0 Å². The zero-order valence-electron chi connectivity index (χ0n) is 11.1. The summed E-state index contributed by atoms with van der Waals surface area (Å²) in [6.45, 7) is 4.76. The van der Waals surface area contributed by atoms with Crippen molar-refractivity contribution in [3.8, 4) is 0 Å². The van der Waals surface area contributed by atoms with Gasteiger partial charge < -0.3 is 5.32 Å². The van der Waals surface area contributed by atoms with Gasteiger partial charge in [-0.25, -0.2) is 0 Å². The first-order chi connectivity index (χ1) is 8.67. The Bertz CT molecular complexity index is 544. The van der Waals surface area contributed by atoms with Crippen molar-refractivity contribution in [3.63, 3.8) is 0 Å². The molecule has 1 heterocycles. The van der Waals surface area contributed by atoms with E-state index in [0.717, 1.165) is 5.52 Å². The van der Waals surface area contributed by atoms with E-state index in [2.05, 4.69) is 47.8 Å². The van der Waals surface area contributed by atoms with Crippen molar-refractivity contribution in [2.24, 2.45) is 5.41 Å². The first kappa shape index (κ1) is 12.0. The van der Waals surface area contributed by atoms with Crippen LogP contribution in [0.1, 0.15) is 39.5 Å². The number of hydrogen-bond donors (Lipinski definition) is 1. The SMILES string of the molecule is CC1(C)CCCCC1Nc1snc2ccccc12. The zero-order valence-corrected chi connectivity index (χ0v) is 11.9. The highest BCUT2D eigenvalue weighted by Crippen LogP contribution is 2.39. The molecule has 0 spiro atoms. The Hall–Kier alpha value is -1.09. The van der Waals surface area contributed by atoms with Crippen LogP contribution in [0.3, 0.4) is 0 Å². The molecule has 1 aromatic carbocycles. The fraction of sp³-hybridized carbons (Fsp3) is 0.533. The summed E-state index contributed by atoms with van der Waals surface area (Å²) in [5.41, 5.74) is 1.50. The van der Waals surface area contributed by atoms with Crippen molar-refractivity contribution in [3.05, 3.63) is 24.3 Å². The Balaban J connectivity index is 1.87. The summed E-state index contributed by atoms with van der Waals surface area (Å²) >= 11 is 1.60. The van der Waals surface area contributed by atoms with Gasteiger partial charge in [0, 0.05) is 11.4 Å². The van der Waals surface area contributed by atoms with Gasteiger partial charge in [-0.3, -0.25) is 0 Å². The molecule has 1 fully saturated rings. The number of nitrogens with one attached hydrogen (secondary N) is 1. The second-order valence-electron chi connectivity index (χ2n) is 5.96. The molecule has 0 aliphatic heterocycles. The lowest BCUT2D eigenvalue weighted by atomic mass is 9.73. The molecule has 3 heteroatoms. The van der Waals surface area contributed by atoms with E-state index in [1.807, 2.05) is 0 Å². The molecule has 3 rings (SSSR count). The summed E-state index contributed by atoms with van der Waals surface area (Å²) in [5, 5.41) is 6.26. The summed E-state index contributed by atoms with van der Waals surface area (Å²) in [6.07, 6.45) is 5.31. The molecule has 18 heavy (non-hydrogen) atoms. The van der Waals surface area contributed by atoms with E-state index in [0.29, 0.717) is 11.5 Å². The lowest BCUT2D eigenvalue weighted by Gasteiger charge is -2.39. The van der Waals surface area contributed by atoms with Crippen molar-refractivity contribution in [1.29, 1.82) is 0 Å². The van der Waals surface area contributed by atoms with Crippen LogP contribution in [-0.4, -0.2) is 10.4 Å². The van der Waals surface area contributed by atoms with E-state index in [-0.39, 0.29) is 0 Å². The summed E-state index contributed by atoms with van der Waals surface area (Å²) < 4.78 is 4.51. The standard InChI is InChI=1S/C15H20N2S/c1-15(2)10-6-5-9-13(15)16-14-11-7-3-4-8-12(11)17-18-14/h3-4,7-8,13,16H,5-6,9-10H2,1-2H3. The molecule has 1 atom stereocenters. The van der Waals surface area contributed by atoms with Crippen LogP contribution < -0.4 is 5.32 Å². The highest BCUT2D eigenvalue weighted by atomic mass is 32.1. The van der Waals surface area contributed by atoms with Crippen LogP contribution in [0.4, 0.5) is 5.00 Å². The minimum absolute atomic E-state index is 0.392. The van der Waals surface area contributed by atoms with Gasteiger partial charge in [-0.05, 0) is 41.9 Å². The van der Waals surface area contributed by atoms with Crippen molar-refractivity contribution in [1.82, 2.24) is 4.37 Å². The Kier molecular flexibility index (Phi) is 3.02. The first-order valence-corrected chi connectivity index (χ1v) is 7.55. The van der Waals surface area contributed by atoms with Crippen LogP contribution in [0.15, 0.2) is 24.3 Å². The van der Waals surface area contributed by atoms with Gasteiger partial charge in [0.2, 0.25) is 0 Å². The molecule has 2 aromatic rings. The number of nitrogens with zero attached hydrogens (tertiary/aromatic N) is 1. The van der Waals surface area contributed by atoms with Crippen molar-refractivity contribution in [2.75, 3.05) is 5.32 Å². The predicted octanol–water partition coefficient (Wildman–Crippen LogP) is 4.68. The van der Waals surface area contributed by atoms with E-state index < -0.39 is 0 Å². The van der Waals surface area contributed by atoms with Gasteiger partial charge in [0.15, 0.2) is 0 Å². The zero-order chi connectivity index (χ0) is 12.6. The lowest BCUT2D eigenvalue weighted by Crippen LogP contribution is -2.38. The molecular formula is C15H20N2S. The molecule has 1 unspecified atom stereocenters. The van der Waals surface area contributed by atoms with Gasteiger partial charge in [-0.1, -0.05) is 38.8 Å². The number of fused-ring (bicyclic) bond motifs is 1. The van der Waals surface area contributed by atoms with Gasteiger partial charge in [-0.2, -0.15) is 4.37 Å². The maximum Gasteiger partial charge on any atom is 0.117 e. The highest BCUT2D eigenvalue weighted by Gasteiger charge is 2.32. The minimum atomic E-state index is 0.392. The summed E-state index contributed by atoms with van der Waals surface area (Å²) in [5.74, 6) is 0. The topological polar surface area (TPSA) is 24.9 Å². The maximum atomic E-state index is 4.51. The summed E-state index contributed by atoms with van der Waals surface area (Å²) in [7, 11) is 0. The summed E-state index contributed by atoms with van der Waals surface area (Å²) in [6, 6.07) is 8.97. The van der Waals surface area contributed by atoms with Crippen molar-refractivity contribution >= 4 is 27.4 Å². The van der Waals surface area contributed by atoms with E-state index in [1.165, 1.54) is 36.1 Å². The van der Waals surface area contributed by atoms with Gasteiger partial charge >= 0.3 is 0 Å². The average molecular weight is 260 g/mol. The quantitative estimate of drug-likeness (QED) is 0.848. The lowest BCUT2D eigenvalue weighted by molar-refractivity contribution is 0.217. The highest BCUT2D eigenvalue weighted by molar-refractivity contribution is 7.11. The normalized spacial score (nSPS) is 23.1. The molecule has 0 radical (unpaired) electrons. The fourth-order valence-corrected chi connectivity index (χ4v) is 3.73.